The molecule has 0 atom stereocenters. The molecule has 1 aliphatic heterocycles. The van der Waals surface area contributed by atoms with Crippen LogP contribution in [0.15, 0.2) is 34.1 Å². The summed E-state index contributed by atoms with van der Waals surface area (Å²) in [6.07, 6.45) is 0. The van der Waals surface area contributed by atoms with Gasteiger partial charge in [0.2, 0.25) is 0 Å². The highest BCUT2D eigenvalue weighted by Gasteiger charge is 2.22. The van der Waals surface area contributed by atoms with E-state index in [1.807, 2.05) is 26.0 Å². The van der Waals surface area contributed by atoms with Crippen molar-refractivity contribution in [1.29, 1.82) is 0 Å². The molecule has 0 saturated carbocycles. The minimum Gasteiger partial charge on any atom is -0.372 e. The molecular formula is C20H26FN3S. The van der Waals surface area contributed by atoms with Crippen LogP contribution in [0.25, 0.3) is 0 Å². The van der Waals surface area contributed by atoms with Crippen LogP contribution in [0.2, 0.25) is 0 Å². The second-order valence-corrected chi connectivity index (χ2v) is 7.43. The van der Waals surface area contributed by atoms with Gasteiger partial charge < -0.3 is 10.2 Å². The second-order valence-electron chi connectivity index (χ2n) is 6.35. The van der Waals surface area contributed by atoms with Gasteiger partial charge in [0.25, 0.3) is 0 Å². The van der Waals surface area contributed by atoms with Crippen LogP contribution in [0.3, 0.4) is 0 Å². The number of halogens is 1. The predicted octanol–water partition coefficient (Wildman–Crippen LogP) is 6.07. The van der Waals surface area contributed by atoms with Crippen LogP contribution < -0.4 is 15.3 Å². The van der Waals surface area contributed by atoms with E-state index in [0.29, 0.717) is 12.2 Å². The lowest BCUT2D eigenvalue weighted by atomic mass is 10.1. The minimum atomic E-state index is 0.345. The molecule has 0 aromatic heterocycles. The fourth-order valence-corrected chi connectivity index (χ4v) is 4.52. The van der Waals surface area contributed by atoms with Gasteiger partial charge in [-0.2, -0.15) is 0 Å². The number of aryl methyl sites for hydroxylation is 2. The number of anilines is 4. The summed E-state index contributed by atoms with van der Waals surface area (Å²) in [6.45, 7) is 12.7. The van der Waals surface area contributed by atoms with Crippen LogP contribution >= 0.6 is 11.8 Å². The van der Waals surface area contributed by atoms with E-state index >= 15 is 0 Å². The largest absolute Gasteiger partial charge is 0.372 e. The van der Waals surface area contributed by atoms with Gasteiger partial charge in [-0.05, 0) is 70.0 Å². The van der Waals surface area contributed by atoms with Gasteiger partial charge in [0, 0.05) is 35.1 Å². The lowest BCUT2D eigenvalue weighted by molar-refractivity contribution is 0.444. The van der Waals surface area contributed by atoms with E-state index in [1.165, 1.54) is 16.1 Å². The molecule has 0 aliphatic carbocycles. The third-order valence-electron chi connectivity index (χ3n) is 4.72. The third kappa shape index (κ3) is 3.30. The number of fused-ring (bicyclic) bond motifs is 2. The molecule has 3 nitrogen and oxygen atoms in total. The van der Waals surface area contributed by atoms with Crippen LogP contribution in [0.5, 0.6) is 0 Å². The highest BCUT2D eigenvalue weighted by Crippen LogP contribution is 2.49. The van der Waals surface area contributed by atoms with Crippen LogP contribution in [0.1, 0.15) is 31.9 Å². The van der Waals surface area contributed by atoms with Gasteiger partial charge in [-0.3, -0.25) is 0 Å². The summed E-state index contributed by atoms with van der Waals surface area (Å²) < 4.78 is 14.0. The first-order valence-electron chi connectivity index (χ1n) is 8.90. The van der Waals surface area contributed by atoms with Crippen molar-refractivity contribution in [2.24, 2.45) is 0 Å². The third-order valence-corrected chi connectivity index (χ3v) is 5.81. The van der Waals surface area contributed by atoms with Crippen molar-refractivity contribution in [3.05, 3.63) is 35.4 Å². The zero-order valence-corrected chi connectivity index (χ0v) is 16.4. The van der Waals surface area contributed by atoms with Crippen molar-refractivity contribution < 1.29 is 4.48 Å². The molecular weight excluding hydrogens is 333 g/mol. The summed E-state index contributed by atoms with van der Waals surface area (Å²) in [6, 6.07) is 8.33. The Hall–Kier alpha value is -1.88. The second kappa shape index (κ2) is 7.16. The fraction of sp³-hybridized carbons (Fsp3) is 0.400. The maximum absolute atomic E-state index is 14.0. The number of hydrogen-bond acceptors (Lipinski definition) is 4. The summed E-state index contributed by atoms with van der Waals surface area (Å²) >= 11 is 1.72. The molecule has 1 aliphatic rings. The Bertz CT molecular complexity index is 787. The first kappa shape index (κ1) is 17.9. The van der Waals surface area contributed by atoms with Crippen molar-refractivity contribution in [1.82, 2.24) is 0 Å². The average molecular weight is 360 g/mol. The van der Waals surface area contributed by atoms with E-state index in [9.17, 15) is 4.48 Å². The molecule has 0 amide bonds. The summed E-state index contributed by atoms with van der Waals surface area (Å²) in [4.78, 5) is 4.63. The smallest absolute Gasteiger partial charge is 0.0702 e. The summed E-state index contributed by atoms with van der Waals surface area (Å²) in [5, 5.41) is 4.38. The van der Waals surface area contributed by atoms with Gasteiger partial charge in [0.05, 0.1) is 17.1 Å². The van der Waals surface area contributed by atoms with Crippen LogP contribution in [0.4, 0.5) is 27.2 Å². The standard InChI is InChI=1S/C20H26FN3S/c1-6-23(7-2)15-9-13(4)19-17(11-15)25-18-12-16(24(21)8-3)10-14(5)20(18)22-19/h9-12,22H,6-8H2,1-5H3. The molecule has 0 spiro atoms. The van der Waals surface area contributed by atoms with E-state index in [4.69, 9.17) is 0 Å². The van der Waals surface area contributed by atoms with Crippen molar-refractivity contribution in [3.8, 4) is 0 Å². The normalized spacial score (nSPS) is 12.2. The van der Waals surface area contributed by atoms with Crippen molar-refractivity contribution in [2.75, 3.05) is 35.0 Å². The Morgan fingerprint density at radius 2 is 1.36 bits per heavy atom. The molecule has 3 rings (SSSR count). The lowest BCUT2D eigenvalue weighted by Gasteiger charge is -2.28. The number of nitrogens with zero attached hydrogens (tertiary/aromatic N) is 2. The number of benzene rings is 2. The molecule has 0 radical (unpaired) electrons. The van der Waals surface area contributed by atoms with Gasteiger partial charge >= 0.3 is 0 Å². The van der Waals surface area contributed by atoms with Gasteiger partial charge in [0.15, 0.2) is 0 Å². The SMILES string of the molecule is CCN(F)c1cc(C)c2c(c1)Sc1cc(N(CC)CC)cc(C)c1N2. The minimum absolute atomic E-state index is 0.345. The van der Waals surface area contributed by atoms with Crippen molar-refractivity contribution >= 4 is 34.5 Å². The highest BCUT2D eigenvalue weighted by atomic mass is 32.2. The zero-order chi connectivity index (χ0) is 18.1. The Morgan fingerprint density at radius 1 is 0.840 bits per heavy atom. The van der Waals surface area contributed by atoms with E-state index in [-0.39, 0.29) is 0 Å². The molecule has 2 aromatic rings. The van der Waals surface area contributed by atoms with E-state index < -0.39 is 0 Å². The van der Waals surface area contributed by atoms with E-state index in [2.05, 4.69) is 43.1 Å². The molecule has 134 valence electrons. The Balaban J connectivity index is 2.04. The molecule has 5 heteroatoms. The molecule has 25 heavy (non-hydrogen) atoms. The quantitative estimate of drug-likeness (QED) is 0.557. The van der Waals surface area contributed by atoms with Gasteiger partial charge in [-0.25, -0.2) is 5.12 Å². The topological polar surface area (TPSA) is 18.5 Å². The summed E-state index contributed by atoms with van der Waals surface area (Å²) in [7, 11) is 0. The number of nitrogens with one attached hydrogen (secondary N) is 1. The van der Waals surface area contributed by atoms with Gasteiger partial charge in [-0.15, -0.1) is 0 Å². The molecule has 0 saturated heterocycles. The molecule has 1 heterocycles. The maximum atomic E-state index is 14.0. The average Bonchev–Trinajstić information content (AvgIpc) is 2.60. The van der Waals surface area contributed by atoms with E-state index in [0.717, 1.165) is 40.0 Å². The fourth-order valence-electron chi connectivity index (χ4n) is 3.29. The summed E-state index contributed by atoms with van der Waals surface area (Å²) in [5.41, 5.74) is 6.41. The Morgan fingerprint density at radius 3 is 1.88 bits per heavy atom. The molecule has 0 bridgehead atoms. The zero-order valence-electron chi connectivity index (χ0n) is 15.6. The predicted molar refractivity (Wildman–Crippen MR) is 107 cm³/mol. The number of rotatable bonds is 5. The van der Waals surface area contributed by atoms with Crippen LogP contribution in [0, 0.1) is 13.8 Å². The summed E-state index contributed by atoms with van der Waals surface area (Å²) in [5.74, 6) is 0. The Labute approximate surface area is 154 Å². The van der Waals surface area contributed by atoms with E-state index in [1.54, 1.807) is 11.8 Å². The first-order valence-corrected chi connectivity index (χ1v) is 9.72. The van der Waals surface area contributed by atoms with Crippen molar-refractivity contribution in [3.63, 3.8) is 0 Å². The first-order chi connectivity index (χ1) is 12.0. The highest BCUT2D eigenvalue weighted by molar-refractivity contribution is 7.99. The van der Waals surface area contributed by atoms with Gasteiger partial charge in [-0.1, -0.05) is 16.2 Å². The maximum Gasteiger partial charge on any atom is 0.0702 e. The van der Waals surface area contributed by atoms with Gasteiger partial charge in [0.1, 0.15) is 0 Å². The number of hydrogen-bond donors (Lipinski definition) is 1. The Kier molecular flexibility index (Phi) is 5.13. The molecule has 0 unspecified atom stereocenters. The monoisotopic (exact) mass is 359 g/mol. The molecule has 0 fully saturated rings. The van der Waals surface area contributed by atoms with Crippen molar-refractivity contribution in [2.45, 2.75) is 44.4 Å². The molecule has 1 N–H and O–H groups in total. The molecule has 2 aromatic carbocycles. The van der Waals surface area contributed by atoms with Crippen LogP contribution in [-0.4, -0.2) is 19.6 Å². The lowest BCUT2D eigenvalue weighted by Crippen LogP contribution is -2.22. The van der Waals surface area contributed by atoms with Crippen LogP contribution in [-0.2, 0) is 0 Å².